The maximum Gasteiger partial charge on any atom is 0.212 e. The second-order valence-corrected chi connectivity index (χ2v) is 4.89. The van der Waals surface area contributed by atoms with Crippen LogP contribution in [0.15, 0.2) is 30.7 Å². The molecule has 2 aromatic rings. The first-order chi connectivity index (χ1) is 10.7. The second kappa shape index (κ2) is 7.78. The second-order valence-electron chi connectivity index (χ2n) is 4.89. The maximum atomic E-state index is 10.3. The summed E-state index contributed by atoms with van der Waals surface area (Å²) in [7, 11) is 1.86. The highest BCUT2D eigenvalue weighted by Crippen LogP contribution is 2.19. The van der Waals surface area contributed by atoms with Crippen LogP contribution in [0.3, 0.4) is 0 Å². The third-order valence-electron chi connectivity index (χ3n) is 3.25. The summed E-state index contributed by atoms with van der Waals surface area (Å²) in [5, 5.41) is 14.8. The molecule has 3 rings (SSSR count). The van der Waals surface area contributed by atoms with E-state index >= 15 is 0 Å². The quantitative estimate of drug-likeness (QED) is 0.687. The van der Waals surface area contributed by atoms with Crippen LogP contribution in [0.1, 0.15) is 12.8 Å². The molecule has 22 heavy (non-hydrogen) atoms. The lowest BCUT2D eigenvalue weighted by atomic mass is 10.1. The van der Waals surface area contributed by atoms with E-state index in [1.165, 1.54) is 12.8 Å². The minimum absolute atomic E-state index is 0.534. The molecule has 2 aromatic heterocycles. The summed E-state index contributed by atoms with van der Waals surface area (Å²) in [5.74, 6) is 0.534. The van der Waals surface area contributed by atoms with Gasteiger partial charge in [0.1, 0.15) is 5.82 Å². The molecule has 0 bridgehead atoms. The fourth-order valence-electron chi connectivity index (χ4n) is 2.14. The molecule has 0 aromatic carbocycles. The number of hydrogen-bond donors (Lipinski definition) is 1. The van der Waals surface area contributed by atoms with Crippen LogP contribution in [0.2, 0.25) is 0 Å². The minimum atomic E-state index is 0.534. The fraction of sp³-hybridized carbons (Fsp3) is 0.333. The topological polar surface area (TPSA) is 86.8 Å². The summed E-state index contributed by atoms with van der Waals surface area (Å²) in [4.78, 5) is 16.0. The summed E-state index contributed by atoms with van der Waals surface area (Å²) in [6, 6.07) is 3.67. The zero-order valence-electron chi connectivity index (χ0n) is 12.4. The Labute approximate surface area is 129 Å². The third kappa shape index (κ3) is 4.31. The smallest absolute Gasteiger partial charge is 0.212 e. The number of aromatic nitrogens is 3. The average molecular weight is 298 g/mol. The summed E-state index contributed by atoms with van der Waals surface area (Å²) in [5.41, 5.74) is 1.97. The molecule has 7 nitrogen and oxygen atoms in total. The predicted molar refractivity (Wildman–Crippen MR) is 82.5 cm³/mol. The van der Waals surface area contributed by atoms with E-state index in [2.05, 4.69) is 21.6 Å². The number of rotatable bonds is 3. The Kier molecular flexibility index (Phi) is 5.49. The van der Waals surface area contributed by atoms with Gasteiger partial charge in [-0.1, -0.05) is 0 Å². The van der Waals surface area contributed by atoms with Crippen LogP contribution in [0.5, 0.6) is 0 Å². The molecule has 7 heteroatoms. The van der Waals surface area contributed by atoms with Gasteiger partial charge < -0.3 is 10.2 Å². The van der Waals surface area contributed by atoms with Crippen molar-refractivity contribution in [3.05, 3.63) is 30.7 Å². The normalized spacial score (nSPS) is 13.0. The lowest BCUT2D eigenvalue weighted by molar-refractivity contribution is -0.105. The van der Waals surface area contributed by atoms with Crippen LogP contribution in [0.25, 0.3) is 11.1 Å². The molecule has 3 heterocycles. The molecular weight excluding hydrogens is 280 g/mol. The van der Waals surface area contributed by atoms with E-state index < -0.39 is 0 Å². The molecule has 1 aliphatic rings. The summed E-state index contributed by atoms with van der Waals surface area (Å²) in [6.07, 6.45) is 10.4. The van der Waals surface area contributed by atoms with Crippen molar-refractivity contribution in [1.82, 2.24) is 19.7 Å². The first-order valence-electron chi connectivity index (χ1n) is 7.03. The van der Waals surface area contributed by atoms with Crippen molar-refractivity contribution in [3.8, 4) is 17.3 Å². The zero-order chi connectivity index (χ0) is 15.8. The number of carbonyl (C=O) groups excluding carboxylic acids is 1. The number of hydrogen-bond acceptors (Lipinski definition) is 5. The molecule has 1 saturated heterocycles. The number of nitrogens with zero attached hydrogens (tertiary/aromatic N) is 5. The monoisotopic (exact) mass is 298 g/mol. The number of aryl methyl sites for hydroxylation is 1. The largest absolute Gasteiger partial charge is 0.313 e. The van der Waals surface area contributed by atoms with Crippen LogP contribution in [0.4, 0.5) is 5.82 Å². The highest BCUT2D eigenvalue weighted by atomic mass is 16.1. The molecule has 0 unspecified atom stereocenters. The van der Waals surface area contributed by atoms with E-state index in [1.54, 1.807) is 28.0 Å². The highest BCUT2D eigenvalue weighted by Gasteiger charge is 2.06. The van der Waals surface area contributed by atoms with Crippen molar-refractivity contribution in [3.63, 3.8) is 0 Å². The molecule has 1 N–H and O–H groups in total. The lowest BCUT2D eigenvalue weighted by Crippen LogP contribution is -2.10. The molecule has 1 aliphatic heterocycles. The van der Waals surface area contributed by atoms with E-state index in [0.717, 1.165) is 24.2 Å². The Morgan fingerprint density at radius 1 is 1.36 bits per heavy atom. The minimum Gasteiger partial charge on any atom is -0.313 e. The Hall–Kier alpha value is -2.88. The van der Waals surface area contributed by atoms with Gasteiger partial charge in [-0.25, -0.2) is 4.98 Å². The van der Waals surface area contributed by atoms with Gasteiger partial charge in [-0.3, -0.25) is 9.48 Å². The molecule has 1 amide bonds. The number of likely N-dealkylation sites (tertiary alicyclic amines) is 1. The predicted octanol–water partition coefficient (Wildman–Crippen LogP) is 1.61. The van der Waals surface area contributed by atoms with Gasteiger partial charge in [-0.05, 0) is 30.5 Å². The van der Waals surface area contributed by atoms with Crippen LogP contribution >= 0.6 is 0 Å². The van der Waals surface area contributed by atoms with E-state index in [-0.39, 0.29) is 0 Å². The van der Waals surface area contributed by atoms with Gasteiger partial charge in [-0.15, -0.1) is 0 Å². The Morgan fingerprint density at radius 3 is 2.68 bits per heavy atom. The van der Waals surface area contributed by atoms with Crippen LogP contribution in [0, 0.1) is 11.5 Å². The Bertz CT molecular complexity index is 654. The molecule has 0 aliphatic carbocycles. The number of pyridine rings is 1. The van der Waals surface area contributed by atoms with Crippen LogP contribution < -0.4 is 5.32 Å². The van der Waals surface area contributed by atoms with Gasteiger partial charge in [0, 0.05) is 38.1 Å². The van der Waals surface area contributed by atoms with Gasteiger partial charge in [0.25, 0.3) is 0 Å². The van der Waals surface area contributed by atoms with Crippen molar-refractivity contribution in [1.29, 1.82) is 5.26 Å². The summed E-state index contributed by atoms with van der Waals surface area (Å²) < 4.78 is 1.72. The third-order valence-corrected chi connectivity index (χ3v) is 3.25. The van der Waals surface area contributed by atoms with Crippen molar-refractivity contribution >= 4 is 12.2 Å². The molecule has 0 radical (unpaired) electrons. The fourth-order valence-corrected chi connectivity index (χ4v) is 2.14. The van der Waals surface area contributed by atoms with E-state index in [0.29, 0.717) is 12.2 Å². The van der Waals surface area contributed by atoms with Gasteiger partial charge >= 0.3 is 0 Å². The van der Waals surface area contributed by atoms with Crippen molar-refractivity contribution in [2.24, 2.45) is 7.05 Å². The number of nitriles is 1. The molecule has 0 saturated carbocycles. The first-order valence-corrected chi connectivity index (χ1v) is 7.03. The van der Waals surface area contributed by atoms with Gasteiger partial charge in [0.05, 0.1) is 6.20 Å². The maximum absolute atomic E-state index is 10.3. The van der Waals surface area contributed by atoms with Crippen molar-refractivity contribution < 1.29 is 4.79 Å². The number of carbonyl (C=O) groups is 1. The number of amides is 1. The SMILES string of the molecule is Cn1cc(-c2ccnc(NC=O)c2)cn1.N#CN1CCCC1. The molecule has 114 valence electrons. The van der Waals surface area contributed by atoms with Crippen LogP contribution in [-0.2, 0) is 11.8 Å². The van der Waals surface area contributed by atoms with E-state index in [4.69, 9.17) is 5.26 Å². The number of anilines is 1. The number of nitrogens with one attached hydrogen (secondary N) is 1. The van der Waals surface area contributed by atoms with Gasteiger partial charge in [0.15, 0.2) is 6.19 Å². The highest BCUT2D eigenvalue weighted by molar-refractivity contribution is 5.72. The average Bonchev–Trinajstić information content (AvgIpc) is 3.20. The lowest BCUT2D eigenvalue weighted by Gasteiger charge is -2.00. The van der Waals surface area contributed by atoms with Crippen LogP contribution in [-0.4, -0.2) is 39.2 Å². The molecular formula is C15H18N6O. The summed E-state index contributed by atoms with van der Waals surface area (Å²) >= 11 is 0. The molecule has 0 atom stereocenters. The zero-order valence-corrected chi connectivity index (χ0v) is 12.4. The molecule has 0 spiro atoms. The Balaban J connectivity index is 0.000000211. The van der Waals surface area contributed by atoms with Crippen molar-refractivity contribution in [2.45, 2.75) is 12.8 Å². The van der Waals surface area contributed by atoms with E-state index in [9.17, 15) is 4.79 Å². The standard InChI is InChI=1S/C10H10N4O.C5H8N2/c1-14-6-9(5-13-14)8-2-3-11-10(4-8)12-7-15;6-5-7-3-1-2-4-7/h2-7H,1H3,(H,11,12,15);1-4H2. The van der Waals surface area contributed by atoms with Gasteiger partial charge in [0.2, 0.25) is 6.41 Å². The van der Waals surface area contributed by atoms with Crippen molar-refractivity contribution in [2.75, 3.05) is 18.4 Å². The Morgan fingerprint density at radius 2 is 2.14 bits per heavy atom. The summed E-state index contributed by atoms with van der Waals surface area (Å²) in [6.45, 7) is 1.97. The van der Waals surface area contributed by atoms with Gasteiger partial charge in [-0.2, -0.15) is 10.4 Å². The van der Waals surface area contributed by atoms with E-state index in [1.807, 2.05) is 19.3 Å². The first kappa shape index (κ1) is 15.5. The molecule has 1 fully saturated rings.